The van der Waals surface area contributed by atoms with Gasteiger partial charge >= 0.3 is 5.97 Å². The summed E-state index contributed by atoms with van der Waals surface area (Å²) in [6, 6.07) is 5.42. The van der Waals surface area contributed by atoms with Crippen LogP contribution in [-0.4, -0.2) is 33.1 Å². The zero-order chi connectivity index (χ0) is 23.1. The van der Waals surface area contributed by atoms with Crippen LogP contribution in [0.1, 0.15) is 41.2 Å². The van der Waals surface area contributed by atoms with Gasteiger partial charge < -0.3 is 25.5 Å². The average Bonchev–Trinajstić information content (AvgIpc) is 3.42. The first-order valence-electron chi connectivity index (χ1n) is 11.0. The van der Waals surface area contributed by atoms with Crippen LogP contribution in [0, 0.1) is 0 Å². The molecule has 1 atom stereocenters. The lowest BCUT2D eigenvalue weighted by Gasteiger charge is -2.31. The molecule has 0 saturated carbocycles. The number of rotatable bonds is 3. The van der Waals surface area contributed by atoms with E-state index in [4.69, 9.17) is 15.5 Å². The monoisotopic (exact) mass is 446 g/mol. The molecule has 0 saturated heterocycles. The molecule has 1 aromatic carbocycles. The third kappa shape index (κ3) is 2.54. The second-order valence-electron chi connectivity index (χ2n) is 8.76. The van der Waals surface area contributed by atoms with Crippen molar-refractivity contribution >= 4 is 28.5 Å². The van der Waals surface area contributed by atoms with Gasteiger partial charge in [-0.05, 0) is 48.6 Å². The molecule has 9 heteroatoms. The Balaban J connectivity index is 1.57. The topological polar surface area (TPSA) is 137 Å². The number of pyridine rings is 2. The first kappa shape index (κ1) is 20.1. The molecule has 0 bridgehead atoms. The summed E-state index contributed by atoms with van der Waals surface area (Å²) in [5.74, 6) is -0.986. The largest absolute Gasteiger partial charge is 0.458 e. The molecule has 0 fully saturated rings. The molecule has 6 rings (SSSR count). The van der Waals surface area contributed by atoms with Crippen LogP contribution in [0.5, 0.6) is 0 Å². The van der Waals surface area contributed by atoms with Crippen molar-refractivity contribution in [2.45, 2.75) is 44.9 Å². The first-order chi connectivity index (χ1) is 15.9. The van der Waals surface area contributed by atoms with E-state index >= 15 is 0 Å². The number of hydrogen-bond acceptors (Lipinski definition) is 7. The fraction of sp³-hybridized carbons (Fsp3) is 0.333. The van der Waals surface area contributed by atoms with Gasteiger partial charge in [-0.25, -0.2) is 9.78 Å². The molecule has 0 radical (unpaired) electrons. The summed E-state index contributed by atoms with van der Waals surface area (Å²) in [5, 5.41) is 14.9. The number of anilines is 1. The van der Waals surface area contributed by atoms with E-state index in [0.29, 0.717) is 29.1 Å². The first-order valence-corrected chi connectivity index (χ1v) is 11.0. The highest BCUT2D eigenvalue weighted by Gasteiger charge is 2.45. The summed E-state index contributed by atoms with van der Waals surface area (Å²) in [6.45, 7) is 1.81. The van der Waals surface area contributed by atoms with Gasteiger partial charge in [-0.15, -0.1) is 0 Å². The Bertz CT molecular complexity index is 1470. The number of nitrogens with one attached hydrogen (secondary N) is 1. The van der Waals surface area contributed by atoms with Crippen molar-refractivity contribution in [1.29, 1.82) is 0 Å². The number of cyclic esters (lactones) is 1. The summed E-state index contributed by atoms with van der Waals surface area (Å²) in [7, 11) is 0. The van der Waals surface area contributed by atoms with Crippen LogP contribution in [0.3, 0.4) is 0 Å². The Hall–Kier alpha value is -3.56. The predicted molar refractivity (Wildman–Crippen MR) is 120 cm³/mol. The van der Waals surface area contributed by atoms with Crippen LogP contribution in [-0.2, 0) is 45.9 Å². The van der Waals surface area contributed by atoms with Crippen LogP contribution < -0.4 is 16.6 Å². The Kier molecular flexibility index (Phi) is 4.09. The van der Waals surface area contributed by atoms with Crippen LogP contribution in [0.4, 0.5) is 5.69 Å². The number of fused-ring (bicyclic) bond motifs is 5. The fourth-order valence-corrected chi connectivity index (χ4v) is 5.44. The Labute approximate surface area is 188 Å². The van der Waals surface area contributed by atoms with Crippen molar-refractivity contribution in [3.05, 3.63) is 56.4 Å². The number of nitrogens with zero attached hydrogens (tertiary/aromatic N) is 2. The van der Waals surface area contributed by atoms with Crippen molar-refractivity contribution in [3.8, 4) is 11.4 Å². The maximum absolute atomic E-state index is 13.4. The molecule has 33 heavy (non-hydrogen) atoms. The van der Waals surface area contributed by atoms with Gasteiger partial charge in [-0.1, -0.05) is 6.92 Å². The summed E-state index contributed by atoms with van der Waals surface area (Å²) in [5.41, 5.74) is 9.89. The van der Waals surface area contributed by atoms with Crippen molar-refractivity contribution in [2.24, 2.45) is 5.73 Å². The van der Waals surface area contributed by atoms with Gasteiger partial charge in [0.05, 0.1) is 35.6 Å². The van der Waals surface area contributed by atoms with Crippen molar-refractivity contribution in [1.82, 2.24) is 9.55 Å². The third-order valence-corrected chi connectivity index (χ3v) is 7.16. The fourth-order valence-electron chi connectivity index (χ4n) is 5.44. The van der Waals surface area contributed by atoms with Gasteiger partial charge in [0, 0.05) is 22.2 Å². The summed E-state index contributed by atoms with van der Waals surface area (Å²) >= 11 is 0. The smallest absolute Gasteiger partial charge is 0.343 e. The van der Waals surface area contributed by atoms with Crippen LogP contribution in [0.25, 0.3) is 22.3 Å². The number of esters is 1. The second-order valence-corrected chi connectivity index (χ2v) is 8.76. The lowest BCUT2D eigenvalue weighted by atomic mass is 9.86. The van der Waals surface area contributed by atoms with E-state index in [1.165, 1.54) is 0 Å². The molecular weight excluding hydrogens is 424 g/mol. The maximum Gasteiger partial charge on any atom is 0.343 e. The molecule has 4 N–H and O–H groups in total. The zero-order valence-corrected chi connectivity index (χ0v) is 18.0. The number of ether oxygens (including phenoxy) is 1. The molecule has 2 aromatic heterocycles. The third-order valence-electron chi connectivity index (χ3n) is 7.16. The number of carbonyl (C=O) groups is 2. The lowest BCUT2D eigenvalue weighted by Crippen LogP contribution is -2.44. The molecular formula is C24H22N4O5. The van der Waals surface area contributed by atoms with Crippen molar-refractivity contribution in [2.75, 3.05) is 11.9 Å². The number of hydrogen-bond donors (Lipinski definition) is 3. The zero-order valence-electron chi connectivity index (χ0n) is 18.0. The summed E-state index contributed by atoms with van der Waals surface area (Å²) in [4.78, 5) is 42.5. The molecule has 3 aliphatic rings. The van der Waals surface area contributed by atoms with Crippen LogP contribution in [0.2, 0.25) is 0 Å². The molecule has 168 valence electrons. The Morgan fingerprint density at radius 3 is 2.79 bits per heavy atom. The molecule has 3 aromatic rings. The average molecular weight is 446 g/mol. The minimum absolute atomic E-state index is 0.0913. The van der Waals surface area contributed by atoms with Crippen molar-refractivity contribution in [3.63, 3.8) is 0 Å². The predicted octanol–water partition coefficient (Wildman–Crippen LogP) is 1.08. The highest BCUT2D eigenvalue weighted by Crippen LogP contribution is 2.44. The molecule has 4 heterocycles. The molecule has 9 nitrogen and oxygen atoms in total. The molecule has 0 spiro atoms. The standard InChI is InChI=1S/C24H22N4O5/c1-2-24(32)15-7-18-21-13(9-28(18)22(30)14(15)10-33-23(24)31)11-3-4-12-16(26-19(29)8-25)5-6-17(27-21)20(11)12/h5-7,32H,2-4,8-10,25H2,1H3,(H,26,29)/t24-/m0/s1. The maximum atomic E-state index is 13.4. The van der Waals surface area contributed by atoms with Gasteiger partial charge in [0.25, 0.3) is 5.56 Å². The Morgan fingerprint density at radius 1 is 1.24 bits per heavy atom. The molecule has 1 aliphatic carbocycles. The lowest BCUT2D eigenvalue weighted by molar-refractivity contribution is -0.172. The van der Waals surface area contributed by atoms with E-state index in [-0.39, 0.29) is 31.0 Å². The Morgan fingerprint density at radius 2 is 2.03 bits per heavy atom. The molecule has 2 aliphatic heterocycles. The normalized spacial score (nSPS) is 19.8. The molecule has 0 unspecified atom stereocenters. The number of nitrogens with two attached hydrogens (primary N) is 1. The molecule has 1 amide bonds. The number of amides is 1. The van der Waals surface area contributed by atoms with E-state index in [1.54, 1.807) is 17.6 Å². The van der Waals surface area contributed by atoms with Gasteiger partial charge in [-0.2, -0.15) is 0 Å². The van der Waals surface area contributed by atoms with E-state index in [2.05, 4.69) is 5.32 Å². The number of aryl methyl sites for hydroxylation is 2. The summed E-state index contributed by atoms with van der Waals surface area (Å²) < 4.78 is 6.79. The quantitative estimate of drug-likeness (QED) is 0.401. The summed E-state index contributed by atoms with van der Waals surface area (Å²) in [6.07, 6.45) is 1.63. The van der Waals surface area contributed by atoms with Gasteiger partial charge in [0.2, 0.25) is 5.91 Å². The van der Waals surface area contributed by atoms with Crippen LogP contribution in [0.15, 0.2) is 23.0 Å². The minimum Gasteiger partial charge on any atom is -0.458 e. The highest BCUT2D eigenvalue weighted by molar-refractivity contribution is 6.00. The SMILES string of the molecule is CC[C@@]1(O)C(=O)OCc2c1cc1n(c2=O)Cc2c-1nc1ccc(NC(=O)CN)c3c1c2CC3. The van der Waals surface area contributed by atoms with E-state index in [1.807, 2.05) is 12.1 Å². The minimum atomic E-state index is -1.85. The number of benzene rings is 1. The van der Waals surface area contributed by atoms with Gasteiger partial charge in [0.15, 0.2) is 5.60 Å². The highest BCUT2D eigenvalue weighted by atomic mass is 16.6. The van der Waals surface area contributed by atoms with E-state index in [0.717, 1.165) is 46.1 Å². The van der Waals surface area contributed by atoms with Crippen molar-refractivity contribution < 1.29 is 19.4 Å². The number of carbonyl (C=O) groups excluding carboxylic acids is 2. The van der Waals surface area contributed by atoms with Gasteiger partial charge in [0.1, 0.15) is 6.61 Å². The second kappa shape index (κ2) is 6.72. The van der Waals surface area contributed by atoms with Gasteiger partial charge in [-0.3, -0.25) is 9.59 Å². The number of aromatic nitrogens is 2. The number of aliphatic hydroxyl groups is 1. The van der Waals surface area contributed by atoms with Crippen LogP contribution >= 0.6 is 0 Å². The van der Waals surface area contributed by atoms with E-state index in [9.17, 15) is 19.5 Å². The van der Waals surface area contributed by atoms with E-state index < -0.39 is 11.6 Å².